The average molecular weight is 448 g/mol. The van der Waals surface area contributed by atoms with Crippen molar-refractivity contribution in [1.82, 2.24) is 4.98 Å². The zero-order valence-corrected chi connectivity index (χ0v) is 19.2. The number of carbonyl (C=O) groups excluding carboxylic acids is 3. The SMILES string of the molecule is COc1cc(NC(=O)COC(=O)c2[nH]c(C)c(C(=O)OC(C)C)c2C)cc(OC)c1OC. The summed E-state index contributed by atoms with van der Waals surface area (Å²) in [6, 6.07) is 3.10. The Kier molecular flexibility index (Phi) is 8.11. The van der Waals surface area contributed by atoms with Gasteiger partial charge in [0.05, 0.1) is 33.0 Å². The maximum absolute atomic E-state index is 12.5. The molecule has 2 rings (SSSR count). The van der Waals surface area contributed by atoms with Gasteiger partial charge in [-0.3, -0.25) is 4.79 Å². The van der Waals surface area contributed by atoms with E-state index in [1.54, 1.807) is 39.8 Å². The van der Waals surface area contributed by atoms with Gasteiger partial charge in [-0.15, -0.1) is 0 Å². The number of benzene rings is 1. The van der Waals surface area contributed by atoms with Crippen molar-refractivity contribution in [3.8, 4) is 17.2 Å². The third-order valence-corrected chi connectivity index (χ3v) is 4.47. The highest BCUT2D eigenvalue weighted by Crippen LogP contribution is 2.39. The second-order valence-electron chi connectivity index (χ2n) is 7.12. The van der Waals surface area contributed by atoms with Crippen molar-refractivity contribution >= 4 is 23.5 Å². The van der Waals surface area contributed by atoms with Crippen LogP contribution in [0.3, 0.4) is 0 Å². The molecule has 0 radical (unpaired) electrons. The molecule has 0 spiro atoms. The van der Waals surface area contributed by atoms with Crippen molar-refractivity contribution in [3.63, 3.8) is 0 Å². The molecule has 0 saturated heterocycles. The van der Waals surface area contributed by atoms with E-state index in [4.69, 9.17) is 23.7 Å². The molecule has 1 amide bonds. The van der Waals surface area contributed by atoms with Crippen LogP contribution in [0.1, 0.15) is 46.0 Å². The Balaban J connectivity index is 2.08. The fourth-order valence-electron chi connectivity index (χ4n) is 3.09. The normalized spacial score (nSPS) is 10.5. The Morgan fingerprint density at radius 1 is 0.969 bits per heavy atom. The number of methoxy groups -OCH3 is 3. The van der Waals surface area contributed by atoms with Gasteiger partial charge in [-0.25, -0.2) is 9.59 Å². The second kappa shape index (κ2) is 10.6. The van der Waals surface area contributed by atoms with Crippen molar-refractivity contribution in [3.05, 3.63) is 34.6 Å². The van der Waals surface area contributed by atoms with Gasteiger partial charge in [0.25, 0.3) is 5.91 Å². The zero-order valence-electron chi connectivity index (χ0n) is 19.2. The van der Waals surface area contributed by atoms with Gasteiger partial charge in [0, 0.05) is 23.5 Å². The van der Waals surface area contributed by atoms with Crippen LogP contribution < -0.4 is 19.5 Å². The molecule has 32 heavy (non-hydrogen) atoms. The summed E-state index contributed by atoms with van der Waals surface area (Å²) < 4.78 is 26.0. The second-order valence-corrected chi connectivity index (χ2v) is 7.12. The summed E-state index contributed by atoms with van der Waals surface area (Å²) in [4.78, 5) is 39.9. The van der Waals surface area contributed by atoms with E-state index < -0.39 is 24.5 Å². The predicted octanol–water partition coefficient (Wildman–Crippen LogP) is 3.02. The van der Waals surface area contributed by atoms with E-state index in [2.05, 4.69) is 10.3 Å². The van der Waals surface area contributed by atoms with Gasteiger partial charge in [0.15, 0.2) is 18.1 Å². The van der Waals surface area contributed by atoms with Crippen LogP contribution in [-0.2, 0) is 14.3 Å². The summed E-state index contributed by atoms with van der Waals surface area (Å²) in [6.45, 7) is 6.18. The quantitative estimate of drug-likeness (QED) is 0.561. The molecule has 0 atom stereocenters. The molecule has 1 aromatic heterocycles. The molecule has 0 aliphatic rings. The molecule has 0 unspecified atom stereocenters. The molecule has 0 fully saturated rings. The van der Waals surface area contributed by atoms with Gasteiger partial charge in [-0.05, 0) is 33.3 Å². The van der Waals surface area contributed by atoms with Gasteiger partial charge >= 0.3 is 11.9 Å². The van der Waals surface area contributed by atoms with E-state index in [0.717, 1.165) is 0 Å². The van der Waals surface area contributed by atoms with E-state index in [0.29, 0.717) is 34.2 Å². The Bertz CT molecular complexity index is 985. The third-order valence-electron chi connectivity index (χ3n) is 4.47. The summed E-state index contributed by atoms with van der Waals surface area (Å²) in [5, 5.41) is 2.60. The van der Waals surface area contributed by atoms with Crippen LogP contribution in [-0.4, -0.2) is 56.9 Å². The molecule has 0 saturated carbocycles. The summed E-state index contributed by atoms with van der Waals surface area (Å²) in [5.41, 5.74) is 1.59. The summed E-state index contributed by atoms with van der Waals surface area (Å²) in [6.07, 6.45) is -0.300. The Morgan fingerprint density at radius 2 is 1.56 bits per heavy atom. The van der Waals surface area contributed by atoms with Gasteiger partial charge in [0.1, 0.15) is 5.69 Å². The number of anilines is 1. The molecule has 174 valence electrons. The average Bonchev–Trinajstić information content (AvgIpc) is 3.04. The number of aryl methyl sites for hydroxylation is 1. The van der Waals surface area contributed by atoms with Crippen LogP contribution in [0.15, 0.2) is 12.1 Å². The standard InChI is InChI=1S/C22H28N2O8/c1-11(2)32-21(26)18-12(3)19(23-13(18)4)22(27)31-10-17(25)24-14-8-15(28-5)20(30-7)16(9-14)29-6/h8-9,11,23H,10H2,1-7H3,(H,24,25). The Morgan fingerprint density at radius 3 is 2.06 bits per heavy atom. The van der Waals surface area contributed by atoms with Crippen molar-refractivity contribution in [2.45, 2.75) is 33.8 Å². The number of H-pyrrole nitrogens is 1. The van der Waals surface area contributed by atoms with Crippen molar-refractivity contribution in [1.29, 1.82) is 0 Å². The molecule has 0 bridgehead atoms. The number of rotatable bonds is 9. The lowest BCUT2D eigenvalue weighted by Gasteiger charge is -2.14. The lowest BCUT2D eigenvalue weighted by Crippen LogP contribution is -2.21. The van der Waals surface area contributed by atoms with Gasteiger partial charge in [-0.1, -0.05) is 0 Å². The number of nitrogens with one attached hydrogen (secondary N) is 2. The number of hydrogen-bond acceptors (Lipinski definition) is 8. The first kappa shape index (κ1) is 24.6. The fraction of sp³-hybridized carbons (Fsp3) is 0.409. The number of ether oxygens (including phenoxy) is 5. The van der Waals surface area contributed by atoms with Crippen LogP contribution >= 0.6 is 0 Å². The largest absolute Gasteiger partial charge is 0.493 e. The number of amides is 1. The topological polar surface area (TPSA) is 125 Å². The molecule has 1 aromatic carbocycles. The molecule has 2 aromatic rings. The molecular weight excluding hydrogens is 420 g/mol. The molecule has 0 aliphatic heterocycles. The van der Waals surface area contributed by atoms with Crippen LogP contribution in [0.5, 0.6) is 17.2 Å². The number of esters is 2. The molecule has 1 heterocycles. The van der Waals surface area contributed by atoms with E-state index >= 15 is 0 Å². The lowest BCUT2D eigenvalue weighted by molar-refractivity contribution is -0.119. The number of aromatic nitrogens is 1. The summed E-state index contributed by atoms with van der Waals surface area (Å²) in [7, 11) is 4.38. The Hall–Kier alpha value is -3.69. The van der Waals surface area contributed by atoms with Crippen molar-refractivity contribution in [2.24, 2.45) is 0 Å². The maximum atomic E-state index is 12.5. The summed E-state index contributed by atoms with van der Waals surface area (Å²) in [5.74, 6) is -0.786. The van der Waals surface area contributed by atoms with Crippen LogP contribution in [0.25, 0.3) is 0 Å². The molecular formula is C22H28N2O8. The first-order valence-electron chi connectivity index (χ1n) is 9.80. The zero-order chi connectivity index (χ0) is 24.0. The minimum atomic E-state index is -0.769. The minimum absolute atomic E-state index is 0.0822. The van der Waals surface area contributed by atoms with E-state index in [1.165, 1.54) is 21.3 Å². The summed E-state index contributed by atoms with van der Waals surface area (Å²) >= 11 is 0. The number of carbonyl (C=O) groups is 3. The first-order valence-corrected chi connectivity index (χ1v) is 9.80. The Labute approximate surface area is 186 Å². The monoisotopic (exact) mass is 448 g/mol. The predicted molar refractivity (Wildman–Crippen MR) is 116 cm³/mol. The van der Waals surface area contributed by atoms with E-state index in [9.17, 15) is 14.4 Å². The molecule has 0 aliphatic carbocycles. The van der Waals surface area contributed by atoms with Crippen molar-refractivity contribution in [2.75, 3.05) is 33.3 Å². The lowest BCUT2D eigenvalue weighted by atomic mass is 10.1. The minimum Gasteiger partial charge on any atom is -0.493 e. The molecule has 10 heteroatoms. The third kappa shape index (κ3) is 5.51. The fourth-order valence-corrected chi connectivity index (χ4v) is 3.09. The number of aromatic amines is 1. The van der Waals surface area contributed by atoms with Crippen LogP contribution in [0.2, 0.25) is 0 Å². The van der Waals surface area contributed by atoms with E-state index in [1.807, 2.05) is 0 Å². The highest BCUT2D eigenvalue weighted by atomic mass is 16.5. The van der Waals surface area contributed by atoms with Gasteiger partial charge < -0.3 is 34.0 Å². The highest BCUT2D eigenvalue weighted by molar-refractivity contribution is 6.00. The maximum Gasteiger partial charge on any atom is 0.355 e. The number of hydrogen-bond donors (Lipinski definition) is 2. The van der Waals surface area contributed by atoms with Gasteiger partial charge in [-0.2, -0.15) is 0 Å². The van der Waals surface area contributed by atoms with Crippen molar-refractivity contribution < 1.29 is 38.1 Å². The highest BCUT2D eigenvalue weighted by Gasteiger charge is 2.25. The smallest absolute Gasteiger partial charge is 0.355 e. The molecule has 10 nitrogen and oxygen atoms in total. The van der Waals surface area contributed by atoms with Gasteiger partial charge in [0.2, 0.25) is 5.75 Å². The van der Waals surface area contributed by atoms with Crippen LogP contribution in [0, 0.1) is 13.8 Å². The molecule has 2 N–H and O–H groups in total. The van der Waals surface area contributed by atoms with Crippen LogP contribution in [0.4, 0.5) is 5.69 Å². The van der Waals surface area contributed by atoms with E-state index in [-0.39, 0.29) is 17.4 Å². The first-order chi connectivity index (χ1) is 15.1.